The Morgan fingerprint density at radius 3 is 2.27 bits per heavy atom. The zero-order valence-corrected chi connectivity index (χ0v) is 12.9. The molecule has 1 aliphatic heterocycles. The van der Waals surface area contributed by atoms with Crippen LogP contribution in [0.1, 0.15) is 17.5 Å². The fraction of sp³-hybridized carbons (Fsp3) is 0.333. The Hall–Kier alpha value is -2.36. The molecule has 0 saturated heterocycles. The first-order valence-electron chi connectivity index (χ1n) is 7.39. The van der Waals surface area contributed by atoms with Crippen molar-refractivity contribution in [3.63, 3.8) is 0 Å². The van der Waals surface area contributed by atoms with Gasteiger partial charge in [0.2, 0.25) is 6.79 Å². The molecule has 1 heterocycles. The van der Waals surface area contributed by atoms with Gasteiger partial charge in [-0.1, -0.05) is 12.1 Å². The molecule has 0 bridgehead atoms. The summed E-state index contributed by atoms with van der Waals surface area (Å²) in [7, 11) is 3.31. The highest BCUT2D eigenvalue weighted by atomic mass is 16.7. The monoisotopic (exact) mass is 300 g/mol. The predicted molar refractivity (Wildman–Crippen MR) is 84.1 cm³/mol. The average molecular weight is 300 g/mol. The third-order valence-corrected chi connectivity index (χ3v) is 3.82. The van der Waals surface area contributed by atoms with Crippen molar-refractivity contribution >= 4 is 0 Å². The van der Waals surface area contributed by atoms with Crippen LogP contribution in [-0.2, 0) is 12.8 Å². The molecule has 4 heteroatoms. The third kappa shape index (κ3) is 3.11. The van der Waals surface area contributed by atoms with Gasteiger partial charge in [-0.05, 0) is 54.7 Å². The lowest BCUT2D eigenvalue weighted by Crippen LogP contribution is -1.94. The van der Waals surface area contributed by atoms with Crippen LogP contribution in [-0.4, -0.2) is 21.0 Å². The van der Waals surface area contributed by atoms with Gasteiger partial charge in [0.05, 0.1) is 14.2 Å². The van der Waals surface area contributed by atoms with Gasteiger partial charge in [0.25, 0.3) is 0 Å². The molecule has 0 aromatic heterocycles. The summed E-state index contributed by atoms with van der Waals surface area (Å²) in [6.07, 6.45) is 3.06. The van der Waals surface area contributed by atoms with Crippen molar-refractivity contribution in [2.45, 2.75) is 19.3 Å². The van der Waals surface area contributed by atoms with Gasteiger partial charge in [0, 0.05) is 0 Å². The van der Waals surface area contributed by atoms with Crippen LogP contribution in [0, 0.1) is 0 Å². The maximum atomic E-state index is 5.41. The summed E-state index contributed by atoms with van der Waals surface area (Å²) < 4.78 is 21.3. The average Bonchev–Trinajstić information content (AvgIpc) is 3.02. The van der Waals surface area contributed by atoms with Gasteiger partial charge in [0.15, 0.2) is 23.0 Å². The van der Waals surface area contributed by atoms with Crippen molar-refractivity contribution in [2.75, 3.05) is 21.0 Å². The zero-order valence-electron chi connectivity index (χ0n) is 12.9. The number of fused-ring (bicyclic) bond motifs is 1. The minimum atomic E-state index is 0.324. The van der Waals surface area contributed by atoms with Crippen LogP contribution in [0.2, 0.25) is 0 Å². The van der Waals surface area contributed by atoms with E-state index in [0.29, 0.717) is 6.79 Å². The minimum Gasteiger partial charge on any atom is -0.493 e. The molecule has 0 aliphatic carbocycles. The van der Waals surface area contributed by atoms with Gasteiger partial charge >= 0.3 is 0 Å². The van der Waals surface area contributed by atoms with Crippen LogP contribution in [0.5, 0.6) is 23.0 Å². The number of rotatable bonds is 6. The maximum Gasteiger partial charge on any atom is 0.231 e. The summed E-state index contributed by atoms with van der Waals surface area (Å²) in [4.78, 5) is 0. The smallest absolute Gasteiger partial charge is 0.231 e. The van der Waals surface area contributed by atoms with Gasteiger partial charge in [-0.15, -0.1) is 0 Å². The van der Waals surface area contributed by atoms with E-state index in [9.17, 15) is 0 Å². The van der Waals surface area contributed by atoms with Crippen LogP contribution in [0.4, 0.5) is 0 Å². The van der Waals surface area contributed by atoms with Crippen molar-refractivity contribution in [3.8, 4) is 23.0 Å². The number of ether oxygens (including phenoxy) is 4. The molecular formula is C18H20O4. The molecule has 2 aromatic rings. The van der Waals surface area contributed by atoms with E-state index in [-0.39, 0.29) is 0 Å². The van der Waals surface area contributed by atoms with Gasteiger partial charge < -0.3 is 18.9 Å². The third-order valence-electron chi connectivity index (χ3n) is 3.82. The first-order valence-corrected chi connectivity index (χ1v) is 7.39. The number of benzene rings is 2. The summed E-state index contributed by atoms with van der Waals surface area (Å²) in [6.45, 7) is 0.324. The van der Waals surface area contributed by atoms with Crippen LogP contribution in [0.25, 0.3) is 0 Å². The van der Waals surface area contributed by atoms with Crippen molar-refractivity contribution in [1.29, 1.82) is 0 Å². The normalized spacial score (nSPS) is 12.3. The van der Waals surface area contributed by atoms with Crippen LogP contribution in [0.3, 0.4) is 0 Å². The lowest BCUT2D eigenvalue weighted by atomic mass is 10.0. The molecule has 0 unspecified atom stereocenters. The molecule has 0 spiro atoms. The lowest BCUT2D eigenvalue weighted by molar-refractivity contribution is 0.174. The molecule has 0 fully saturated rings. The first kappa shape index (κ1) is 14.6. The van der Waals surface area contributed by atoms with E-state index >= 15 is 0 Å². The highest BCUT2D eigenvalue weighted by molar-refractivity contribution is 5.45. The summed E-state index contributed by atoms with van der Waals surface area (Å²) in [5.41, 5.74) is 2.52. The highest BCUT2D eigenvalue weighted by Gasteiger charge is 2.13. The van der Waals surface area contributed by atoms with Crippen molar-refractivity contribution in [1.82, 2.24) is 0 Å². The van der Waals surface area contributed by atoms with Crippen molar-refractivity contribution < 1.29 is 18.9 Å². The molecule has 0 amide bonds. The van der Waals surface area contributed by atoms with E-state index in [2.05, 4.69) is 18.2 Å². The number of hydrogen-bond acceptors (Lipinski definition) is 4. The molecule has 3 rings (SSSR count). The Kier molecular flexibility index (Phi) is 4.37. The van der Waals surface area contributed by atoms with Gasteiger partial charge in [-0.2, -0.15) is 0 Å². The second-order valence-electron chi connectivity index (χ2n) is 5.23. The van der Waals surface area contributed by atoms with E-state index in [1.54, 1.807) is 14.2 Å². The number of aryl methyl sites for hydroxylation is 2. The van der Waals surface area contributed by atoms with E-state index in [1.807, 2.05) is 18.2 Å². The Morgan fingerprint density at radius 2 is 1.50 bits per heavy atom. The van der Waals surface area contributed by atoms with Crippen LogP contribution < -0.4 is 18.9 Å². The lowest BCUT2D eigenvalue weighted by Gasteiger charge is -2.09. The molecule has 22 heavy (non-hydrogen) atoms. The molecule has 4 nitrogen and oxygen atoms in total. The van der Waals surface area contributed by atoms with E-state index in [4.69, 9.17) is 18.9 Å². The summed E-state index contributed by atoms with van der Waals surface area (Å²) in [5.74, 6) is 3.23. The first-order chi connectivity index (χ1) is 10.8. The molecule has 0 atom stereocenters. The summed E-state index contributed by atoms with van der Waals surface area (Å²) in [6, 6.07) is 12.2. The summed E-state index contributed by atoms with van der Waals surface area (Å²) >= 11 is 0. The molecule has 1 aliphatic rings. The van der Waals surface area contributed by atoms with E-state index in [1.165, 1.54) is 11.1 Å². The minimum absolute atomic E-state index is 0.324. The molecule has 0 saturated carbocycles. The second kappa shape index (κ2) is 6.60. The summed E-state index contributed by atoms with van der Waals surface area (Å²) in [5, 5.41) is 0. The van der Waals surface area contributed by atoms with Crippen molar-refractivity contribution in [2.24, 2.45) is 0 Å². The van der Waals surface area contributed by atoms with Gasteiger partial charge in [-0.3, -0.25) is 0 Å². The molecule has 116 valence electrons. The Morgan fingerprint density at radius 1 is 0.818 bits per heavy atom. The molecule has 0 radical (unpaired) electrons. The highest BCUT2D eigenvalue weighted by Crippen LogP contribution is 2.33. The maximum absolute atomic E-state index is 5.41. The van der Waals surface area contributed by atoms with E-state index < -0.39 is 0 Å². The SMILES string of the molecule is COc1ccc(CCCc2ccc3c(c2)OCO3)cc1OC. The Bertz CT molecular complexity index is 652. The van der Waals surface area contributed by atoms with Gasteiger partial charge in [0.1, 0.15) is 0 Å². The van der Waals surface area contributed by atoms with Gasteiger partial charge in [-0.25, -0.2) is 0 Å². The van der Waals surface area contributed by atoms with Crippen molar-refractivity contribution in [3.05, 3.63) is 47.5 Å². The van der Waals surface area contributed by atoms with Crippen LogP contribution >= 0.6 is 0 Å². The molecular weight excluding hydrogens is 280 g/mol. The Labute approximate surface area is 130 Å². The second-order valence-corrected chi connectivity index (χ2v) is 5.23. The zero-order chi connectivity index (χ0) is 15.4. The fourth-order valence-corrected chi connectivity index (χ4v) is 2.63. The topological polar surface area (TPSA) is 36.9 Å². The molecule has 2 aromatic carbocycles. The largest absolute Gasteiger partial charge is 0.493 e. The van der Waals surface area contributed by atoms with Crippen LogP contribution in [0.15, 0.2) is 36.4 Å². The standard InChI is InChI=1S/C18H20O4/c1-19-15-8-6-13(10-17(15)20-2)4-3-5-14-7-9-16-18(11-14)22-12-21-16/h6-11H,3-5,12H2,1-2H3. The quantitative estimate of drug-likeness (QED) is 0.816. The predicted octanol–water partition coefficient (Wildman–Crippen LogP) is 3.61. The van der Waals surface area contributed by atoms with E-state index in [0.717, 1.165) is 42.3 Å². The number of methoxy groups -OCH3 is 2. The number of hydrogen-bond donors (Lipinski definition) is 0. The molecule has 0 N–H and O–H groups in total. The Balaban J connectivity index is 1.59. The fourth-order valence-electron chi connectivity index (χ4n) is 2.63.